The second kappa shape index (κ2) is 4.49. The van der Waals surface area contributed by atoms with Crippen LogP contribution in [0.3, 0.4) is 0 Å². The van der Waals surface area contributed by atoms with Gasteiger partial charge in [0, 0.05) is 17.8 Å². The molecular formula is C14H20N4O. The maximum atomic E-state index is 12.2. The molecule has 0 aromatic carbocycles. The van der Waals surface area contributed by atoms with Crippen molar-refractivity contribution in [1.29, 1.82) is 0 Å². The number of aromatic nitrogens is 1. The van der Waals surface area contributed by atoms with Gasteiger partial charge >= 0.3 is 0 Å². The molecule has 1 aromatic heterocycles. The summed E-state index contributed by atoms with van der Waals surface area (Å²) in [6.45, 7) is 2.66. The third kappa shape index (κ3) is 2.56. The van der Waals surface area contributed by atoms with Crippen LogP contribution in [0.15, 0.2) is 12.1 Å². The fraction of sp³-hybridized carbons (Fsp3) is 0.571. The Balaban J connectivity index is 1.65. The van der Waals surface area contributed by atoms with Gasteiger partial charge in [0.2, 0.25) is 0 Å². The Morgan fingerprint density at radius 3 is 2.79 bits per heavy atom. The summed E-state index contributed by atoms with van der Waals surface area (Å²) in [5, 5.41) is 3.07. The molecule has 0 radical (unpaired) electrons. The first-order chi connectivity index (χ1) is 9.13. The number of nitrogens with one attached hydrogen (secondary N) is 2. The highest BCUT2D eigenvalue weighted by Crippen LogP contribution is 2.60. The van der Waals surface area contributed by atoms with E-state index >= 15 is 0 Å². The molecule has 2 aliphatic rings. The highest BCUT2D eigenvalue weighted by molar-refractivity contribution is 5.95. The van der Waals surface area contributed by atoms with Gasteiger partial charge in [0.15, 0.2) is 0 Å². The zero-order chi connectivity index (χ0) is 13.5. The van der Waals surface area contributed by atoms with Gasteiger partial charge in [-0.25, -0.2) is 10.8 Å². The van der Waals surface area contributed by atoms with Gasteiger partial charge in [0.1, 0.15) is 5.82 Å². The molecule has 0 aliphatic heterocycles. The standard InChI is InChI=1S/C14H20N4O/c1-9-6-10(7-12(17-9)18-15)13(19)16-8-14(4-5-14)11-2-3-11/h6-7,11H,2-5,8,15H2,1H3,(H,16,19)(H,17,18). The van der Waals surface area contributed by atoms with E-state index in [9.17, 15) is 4.79 Å². The minimum atomic E-state index is -0.0334. The molecule has 5 heteroatoms. The molecule has 5 nitrogen and oxygen atoms in total. The number of rotatable bonds is 5. The summed E-state index contributed by atoms with van der Waals surface area (Å²) in [6.07, 6.45) is 5.21. The van der Waals surface area contributed by atoms with Crippen LogP contribution in [0.5, 0.6) is 0 Å². The van der Waals surface area contributed by atoms with Crippen LogP contribution in [0.25, 0.3) is 0 Å². The maximum absolute atomic E-state index is 12.2. The Morgan fingerprint density at radius 2 is 2.21 bits per heavy atom. The Bertz CT molecular complexity index is 506. The Hall–Kier alpha value is -1.62. The molecule has 3 rings (SSSR count). The van der Waals surface area contributed by atoms with Crippen molar-refractivity contribution in [3.63, 3.8) is 0 Å². The molecule has 2 saturated carbocycles. The molecule has 2 fully saturated rings. The second-order valence-corrected chi connectivity index (χ2v) is 5.85. The van der Waals surface area contributed by atoms with Crippen LogP contribution in [-0.4, -0.2) is 17.4 Å². The molecule has 0 bridgehead atoms. The number of hydrogen-bond acceptors (Lipinski definition) is 4. The van der Waals surface area contributed by atoms with Crippen molar-refractivity contribution in [3.05, 3.63) is 23.4 Å². The molecule has 0 atom stereocenters. The van der Waals surface area contributed by atoms with Crippen LogP contribution in [0, 0.1) is 18.3 Å². The lowest BCUT2D eigenvalue weighted by Crippen LogP contribution is -2.31. The zero-order valence-electron chi connectivity index (χ0n) is 11.2. The molecule has 1 heterocycles. The molecule has 2 aliphatic carbocycles. The number of nitrogen functional groups attached to an aromatic ring is 1. The first-order valence-electron chi connectivity index (χ1n) is 6.86. The van der Waals surface area contributed by atoms with Crippen molar-refractivity contribution in [2.24, 2.45) is 17.2 Å². The lowest BCUT2D eigenvalue weighted by atomic mass is 10.0. The molecule has 0 unspecified atom stereocenters. The molecule has 102 valence electrons. The van der Waals surface area contributed by atoms with E-state index in [1.54, 1.807) is 12.1 Å². The summed E-state index contributed by atoms with van der Waals surface area (Å²) in [6, 6.07) is 3.46. The predicted molar refractivity (Wildman–Crippen MR) is 73.5 cm³/mol. The number of carbonyl (C=O) groups is 1. The SMILES string of the molecule is Cc1cc(C(=O)NCC2(C3CC3)CC2)cc(NN)n1. The van der Waals surface area contributed by atoms with E-state index in [2.05, 4.69) is 15.7 Å². The highest BCUT2D eigenvalue weighted by Gasteiger charge is 2.53. The number of anilines is 1. The fourth-order valence-electron chi connectivity index (χ4n) is 2.82. The number of pyridine rings is 1. The van der Waals surface area contributed by atoms with Crippen molar-refractivity contribution in [3.8, 4) is 0 Å². The van der Waals surface area contributed by atoms with Gasteiger partial charge in [-0.15, -0.1) is 0 Å². The van der Waals surface area contributed by atoms with E-state index < -0.39 is 0 Å². The molecule has 0 spiro atoms. The number of aryl methyl sites for hydroxylation is 1. The van der Waals surface area contributed by atoms with Crippen molar-refractivity contribution in [1.82, 2.24) is 10.3 Å². The van der Waals surface area contributed by atoms with Crippen LogP contribution in [0.2, 0.25) is 0 Å². The highest BCUT2D eigenvalue weighted by atomic mass is 16.1. The number of nitrogens with zero attached hydrogens (tertiary/aromatic N) is 1. The normalized spacial score (nSPS) is 19.9. The van der Waals surface area contributed by atoms with Gasteiger partial charge in [-0.2, -0.15) is 0 Å². The maximum Gasteiger partial charge on any atom is 0.251 e. The van der Waals surface area contributed by atoms with E-state index in [0.29, 0.717) is 16.8 Å². The van der Waals surface area contributed by atoms with Crippen LogP contribution in [0.1, 0.15) is 41.7 Å². The largest absolute Gasteiger partial charge is 0.351 e. The quantitative estimate of drug-likeness (QED) is 0.555. The first-order valence-corrected chi connectivity index (χ1v) is 6.86. The molecular weight excluding hydrogens is 240 g/mol. The van der Waals surface area contributed by atoms with Gasteiger partial charge in [-0.1, -0.05) is 0 Å². The smallest absolute Gasteiger partial charge is 0.251 e. The van der Waals surface area contributed by atoms with Crippen LogP contribution in [0.4, 0.5) is 5.82 Å². The fourth-order valence-corrected chi connectivity index (χ4v) is 2.82. The summed E-state index contributed by atoms with van der Waals surface area (Å²) in [7, 11) is 0. The molecule has 0 saturated heterocycles. The second-order valence-electron chi connectivity index (χ2n) is 5.85. The predicted octanol–water partition coefficient (Wildman–Crippen LogP) is 1.60. The average molecular weight is 260 g/mol. The van der Waals surface area contributed by atoms with Crippen LogP contribution < -0.4 is 16.6 Å². The monoisotopic (exact) mass is 260 g/mol. The molecule has 4 N–H and O–H groups in total. The number of hydrazine groups is 1. The summed E-state index contributed by atoms with van der Waals surface area (Å²) < 4.78 is 0. The van der Waals surface area contributed by atoms with Gasteiger partial charge in [-0.05, 0) is 56.1 Å². The summed E-state index contributed by atoms with van der Waals surface area (Å²) >= 11 is 0. The number of amides is 1. The lowest BCUT2D eigenvalue weighted by Gasteiger charge is -2.15. The minimum absolute atomic E-state index is 0.0334. The third-order valence-corrected chi connectivity index (χ3v) is 4.30. The summed E-state index contributed by atoms with van der Waals surface area (Å²) in [5.41, 5.74) is 4.31. The van der Waals surface area contributed by atoms with Gasteiger partial charge in [0.05, 0.1) is 0 Å². The van der Waals surface area contributed by atoms with Crippen LogP contribution in [-0.2, 0) is 0 Å². The topological polar surface area (TPSA) is 80.0 Å². The van der Waals surface area contributed by atoms with Gasteiger partial charge < -0.3 is 10.7 Å². The Morgan fingerprint density at radius 1 is 1.47 bits per heavy atom. The van der Waals surface area contributed by atoms with E-state index in [-0.39, 0.29) is 5.91 Å². The van der Waals surface area contributed by atoms with Crippen molar-refractivity contribution in [2.75, 3.05) is 12.0 Å². The Labute approximate surface area is 112 Å². The van der Waals surface area contributed by atoms with E-state index in [0.717, 1.165) is 18.2 Å². The number of carbonyl (C=O) groups excluding carboxylic acids is 1. The van der Waals surface area contributed by atoms with E-state index in [4.69, 9.17) is 5.84 Å². The van der Waals surface area contributed by atoms with Crippen molar-refractivity contribution >= 4 is 11.7 Å². The molecule has 19 heavy (non-hydrogen) atoms. The van der Waals surface area contributed by atoms with Gasteiger partial charge in [0.25, 0.3) is 5.91 Å². The third-order valence-electron chi connectivity index (χ3n) is 4.30. The molecule has 1 amide bonds. The van der Waals surface area contributed by atoms with E-state index in [1.165, 1.54) is 25.7 Å². The first kappa shape index (κ1) is 12.4. The average Bonchev–Trinajstić information content (AvgIpc) is 3.27. The van der Waals surface area contributed by atoms with Crippen LogP contribution >= 0.6 is 0 Å². The Kier molecular flexibility index (Phi) is 2.93. The molecule has 1 aromatic rings. The minimum Gasteiger partial charge on any atom is -0.351 e. The lowest BCUT2D eigenvalue weighted by molar-refractivity contribution is 0.0942. The number of hydrogen-bond donors (Lipinski definition) is 3. The zero-order valence-corrected chi connectivity index (χ0v) is 11.2. The summed E-state index contributed by atoms with van der Waals surface area (Å²) in [5.74, 6) is 6.69. The summed E-state index contributed by atoms with van der Waals surface area (Å²) in [4.78, 5) is 16.4. The van der Waals surface area contributed by atoms with E-state index in [1.807, 2.05) is 6.92 Å². The van der Waals surface area contributed by atoms with Crippen molar-refractivity contribution in [2.45, 2.75) is 32.6 Å². The number of nitrogens with two attached hydrogens (primary N) is 1. The van der Waals surface area contributed by atoms with Gasteiger partial charge in [-0.3, -0.25) is 4.79 Å². The van der Waals surface area contributed by atoms with Crippen molar-refractivity contribution < 1.29 is 4.79 Å².